The maximum atomic E-state index is 14.6. The molecule has 6 rings (SSSR count). The Morgan fingerprint density at radius 3 is 2.40 bits per heavy atom. The van der Waals surface area contributed by atoms with Crippen molar-refractivity contribution in [2.75, 3.05) is 13.7 Å². The molecule has 53 heavy (non-hydrogen) atoms. The Bertz CT molecular complexity index is 1890. The number of methoxy groups -OCH3 is 1. The summed E-state index contributed by atoms with van der Waals surface area (Å²) in [7, 11) is -2.35. The van der Waals surface area contributed by atoms with E-state index in [9.17, 15) is 27.6 Å². The van der Waals surface area contributed by atoms with Gasteiger partial charge in [-0.05, 0) is 74.1 Å². The summed E-state index contributed by atoms with van der Waals surface area (Å²) in [6.07, 6.45) is 7.99. The summed E-state index contributed by atoms with van der Waals surface area (Å²) < 4.78 is 39.8. The summed E-state index contributed by atoms with van der Waals surface area (Å²) in [4.78, 5) is 61.8. The van der Waals surface area contributed by atoms with E-state index in [1.54, 1.807) is 19.4 Å². The minimum atomic E-state index is -3.93. The van der Waals surface area contributed by atoms with Gasteiger partial charge in [-0.1, -0.05) is 46.1 Å². The van der Waals surface area contributed by atoms with Crippen LogP contribution in [0.2, 0.25) is 0 Å². The Balaban J connectivity index is 1.27. The molecule has 0 bridgehead atoms. The molecule has 1 aliphatic heterocycles. The standard InChI is InChI=1S/C38H52N6O8S/c1-7-24-21-38(24,34(47)43-53(49,50)27-11-10-12-27)41-31(45)29-20-26(52-32-28-14-13-25(51-6)19-23(28)15-18-39-32)22-44(29)33(46)30(36(2,3)4)40-35(48)42-37(5)16-8-9-17-37/h7,13-15,18-19,24,26-27,29-30H,1,8-12,16-17,20-22H2,2-6H3,(H,41,45)(H,43,47)(H2,40,42,48)/t24-,26-,29+,30-,38-/m1/s1. The molecule has 0 spiro atoms. The number of rotatable bonds is 12. The molecule has 0 radical (unpaired) electrons. The molecule has 0 unspecified atom stereocenters. The molecule has 5 atom stereocenters. The zero-order valence-corrected chi connectivity index (χ0v) is 32.0. The van der Waals surface area contributed by atoms with Gasteiger partial charge in [0.25, 0.3) is 5.91 Å². The smallest absolute Gasteiger partial charge is 0.315 e. The van der Waals surface area contributed by atoms with Gasteiger partial charge in [0.1, 0.15) is 29.5 Å². The Labute approximate surface area is 311 Å². The number of nitrogens with one attached hydrogen (secondary N) is 4. The van der Waals surface area contributed by atoms with Crippen molar-refractivity contribution in [3.8, 4) is 11.6 Å². The van der Waals surface area contributed by atoms with Crippen LogP contribution >= 0.6 is 0 Å². The second-order valence-corrected chi connectivity index (χ2v) is 18.3. The van der Waals surface area contributed by atoms with E-state index in [4.69, 9.17) is 9.47 Å². The number of likely N-dealkylation sites (tertiary alicyclic amines) is 1. The van der Waals surface area contributed by atoms with E-state index < -0.39 is 74.1 Å². The predicted molar refractivity (Wildman–Crippen MR) is 198 cm³/mol. The number of fused-ring (bicyclic) bond motifs is 1. The quantitative estimate of drug-likeness (QED) is 0.235. The van der Waals surface area contributed by atoms with Crippen molar-refractivity contribution in [2.45, 2.75) is 120 Å². The topological polar surface area (TPSA) is 185 Å². The van der Waals surface area contributed by atoms with Crippen LogP contribution in [0.1, 0.15) is 85.5 Å². The minimum Gasteiger partial charge on any atom is -0.497 e. The van der Waals surface area contributed by atoms with Gasteiger partial charge in [0.15, 0.2) is 0 Å². The molecule has 15 heteroatoms. The molecule has 4 aliphatic rings. The third-order valence-electron chi connectivity index (χ3n) is 11.3. The summed E-state index contributed by atoms with van der Waals surface area (Å²) in [5, 5.41) is 9.67. The number of benzene rings is 1. The number of pyridine rings is 1. The van der Waals surface area contributed by atoms with Gasteiger partial charge in [0, 0.05) is 29.5 Å². The number of hydrogen-bond acceptors (Lipinski definition) is 9. The van der Waals surface area contributed by atoms with Gasteiger partial charge in [-0.3, -0.25) is 19.1 Å². The molecule has 3 saturated carbocycles. The maximum absolute atomic E-state index is 14.6. The van der Waals surface area contributed by atoms with Gasteiger partial charge >= 0.3 is 6.03 Å². The van der Waals surface area contributed by atoms with Crippen LogP contribution in [0.15, 0.2) is 43.1 Å². The molecular formula is C38H52N6O8S. The van der Waals surface area contributed by atoms with Crippen molar-refractivity contribution in [1.29, 1.82) is 0 Å². The zero-order valence-electron chi connectivity index (χ0n) is 31.2. The number of hydrogen-bond donors (Lipinski definition) is 4. The van der Waals surface area contributed by atoms with E-state index in [-0.39, 0.29) is 24.9 Å². The first-order chi connectivity index (χ1) is 25.0. The van der Waals surface area contributed by atoms with Gasteiger partial charge in [-0.25, -0.2) is 18.2 Å². The summed E-state index contributed by atoms with van der Waals surface area (Å²) in [6, 6.07) is 4.66. The molecule has 1 aromatic carbocycles. The van der Waals surface area contributed by atoms with Gasteiger partial charge in [0.2, 0.25) is 27.7 Å². The maximum Gasteiger partial charge on any atom is 0.315 e. The lowest BCUT2D eigenvalue weighted by Gasteiger charge is -2.36. The molecule has 288 valence electrons. The average Bonchev–Trinajstić information content (AvgIpc) is 3.35. The summed E-state index contributed by atoms with van der Waals surface area (Å²) in [5.41, 5.74) is -2.69. The van der Waals surface area contributed by atoms with Gasteiger partial charge in [0.05, 0.1) is 18.9 Å². The number of carbonyl (C=O) groups is 4. The highest BCUT2D eigenvalue weighted by Gasteiger charge is 2.62. The lowest BCUT2D eigenvalue weighted by atomic mass is 9.85. The lowest BCUT2D eigenvalue weighted by molar-refractivity contribution is -0.142. The van der Waals surface area contributed by atoms with Gasteiger partial charge in [-0.15, -0.1) is 6.58 Å². The van der Waals surface area contributed by atoms with Crippen LogP contribution in [0.5, 0.6) is 11.6 Å². The molecule has 4 fully saturated rings. The lowest BCUT2D eigenvalue weighted by Crippen LogP contribution is -2.62. The first-order valence-corrected chi connectivity index (χ1v) is 20.0. The van der Waals surface area contributed by atoms with Crippen molar-refractivity contribution in [1.82, 2.24) is 30.6 Å². The number of aromatic nitrogens is 1. The number of ether oxygens (including phenoxy) is 2. The molecule has 2 aromatic rings. The molecule has 1 aromatic heterocycles. The second kappa shape index (κ2) is 14.4. The van der Waals surface area contributed by atoms with Gasteiger partial charge < -0.3 is 30.3 Å². The fourth-order valence-electron chi connectivity index (χ4n) is 7.74. The molecule has 3 aliphatic carbocycles. The van der Waals surface area contributed by atoms with Crippen LogP contribution in [0.4, 0.5) is 4.79 Å². The fourth-order valence-corrected chi connectivity index (χ4v) is 9.30. The van der Waals surface area contributed by atoms with Gasteiger partial charge in [-0.2, -0.15) is 0 Å². The zero-order chi connectivity index (χ0) is 38.3. The van der Waals surface area contributed by atoms with E-state index in [0.717, 1.165) is 37.5 Å². The number of urea groups is 1. The fraction of sp³-hybridized carbons (Fsp3) is 0.605. The van der Waals surface area contributed by atoms with E-state index in [2.05, 4.69) is 32.2 Å². The number of amides is 5. The van der Waals surface area contributed by atoms with E-state index in [0.29, 0.717) is 29.9 Å². The Hall–Kier alpha value is -4.40. The predicted octanol–water partition coefficient (Wildman–Crippen LogP) is 3.70. The van der Waals surface area contributed by atoms with Crippen LogP contribution in [0.3, 0.4) is 0 Å². The Kier molecular flexibility index (Phi) is 10.4. The molecule has 14 nitrogen and oxygen atoms in total. The highest BCUT2D eigenvalue weighted by Crippen LogP contribution is 2.45. The number of sulfonamides is 1. The summed E-state index contributed by atoms with van der Waals surface area (Å²) in [6.45, 7) is 11.3. The van der Waals surface area contributed by atoms with Crippen molar-refractivity contribution in [2.24, 2.45) is 11.3 Å². The normalized spacial score (nSPS) is 25.8. The highest BCUT2D eigenvalue weighted by atomic mass is 32.2. The third kappa shape index (κ3) is 7.95. The third-order valence-corrected chi connectivity index (χ3v) is 13.2. The summed E-state index contributed by atoms with van der Waals surface area (Å²) in [5.74, 6) is -1.50. The summed E-state index contributed by atoms with van der Waals surface area (Å²) >= 11 is 0. The first kappa shape index (κ1) is 38.3. The van der Waals surface area contributed by atoms with Crippen LogP contribution in [0, 0.1) is 11.3 Å². The Morgan fingerprint density at radius 2 is 1.79 bits per heavy atom. The van der Waals surface area contributed by atoms with Crippen LogP contribution < -0.4 is 30.1 Å². The Morgan fingerprint density at radius 1 is 1.08 bits per heavy atom. The highest BCUT2D eigenvalue weighted by molar-refractivity contribution is 7.90. The minimum absolute atomic E-state index is 0.0150. The van der Waals surface area contributed by atoms with Crippen LogP contribution in [-0.2, 0) is 24.4 Å². The SMILES string of the molecule is C=C[C@@H]1C[C@]1(NC(=O)[C@@H]1C[C@@H](Oc2nccc3cc(OC)ccc23)CN1C(=O)[C@@H](NC(=O)NC1(C)CCCC1)C(C)(C)C)C(=O)NS(=O)(=O)C1CCC1. The molecule has 1 saturated heterocycles. The van der Waals surface area contributed by atoms with Crippen LogP contribution in [0.25, 0.3) is 10.8 Å². The first-order valence-electron chi connectivity index (χ1n) is 18.5. The number of nitrogens with zero attached hydrogens (tertiary/aromatic N) is 2. The second-order valence-electron chi connectivity index (χ2n) is 16.4. The molecule has 5 amide bonds. The van der Waals surface area contributed by atoms with Crippen molar-refractivity contribution >= 4 is 44.5 Å². The monoisotopic (exact) mass is 752 g/mol. The van der Waals surface area contributed by atoms with Crippen molar-refractivity contribution < 1.29 is 37.1 Å². The van der Waals surface area contributed by atoms with Crippen LogP contribution in [-0.4, -0.2) is 90.2 Å². The van der Waals surface area contributed by atoms with E-state index >= 15 is 0 Å². The largest absolute Gasteiger partial charge is 0.497 e. The average molecular weight is 753 g/mol. The molecular weight excluding hydrogens is 701 g/mol. The molecule has 4 N–H and O–H groups in total. The number of carbonyl (C=O) groups excluding carboxylic acids is 4. The van der Waals surface area contributed by atoms with E-state index in [1.165, 1.54) is 11.0 Å². The van der Waals surface area contributed by atoms with E-state index in [1.807, 2.05) is 45.9 Å². The molecule has 2 heterocycles. The van der Waals surface area contributed by atoms with Crippen molar-refractivity contribution in [3.05, 3.63) is 43.1 Å². The van der Waals surface area contributed by atoms with Crippen molar-refractivity contribution in [3.63, 3.8) is 0 Å².